The fraction of sp³-hybridized carbons (Fsp3) is 0.350. The maximum absolute atomic E-state index is 12.3. The Hall–Kier alpha value is -2.48. The maximum Gasteiger partial charge on any atom is 0.272 e. The lowest BCUT2D eigenvalue weighted by atomic mass is 10.1. The lowest BCUT2D eigenvalue weighted by Crippen LogP contribution is -2.48. The average molecular weight is 403 g/mol. The molecule has 1 heterocycles. The van der Waals surface area contributed by atoms with Crippen LogP contribution < -0.4 is 5.32 Å². The molecule has 8 heteroatoms. The summed E-state index contributed by atoms with van der Waals surface area (Å²) in [6.45, 7) is 5.93. The van der Waals surface area contributed by atoms with Gasteiger partial charge in [0.1, 0.15) is 0 Å². The van der Waals surface area contributed by atoms with Crippen LogP contribution in [0.1, 0.15) is 11.1 Å². The number of halogens is 1. The third-order valence-corrected chi connectivity index (χ3v) is 5.32. The monoisotopic (exact) mass is 402 g/mol. The number of piperazine rings is 1. The molecule has 0 saturated carbocycles. The number of amides is 1. The minimum Gasteiger partial charge on any atom is -0.324 e. The molecule has 1 N–H and O–H groups in total. The molecule has 0 atom stereocenters. The van der Waals surface area contributed by atoms with Crippen LogP contribution >= 0.6 is 11.6 Å². The molecule has 7 nitrogen and oxygen atoms in total. The Morgan fingerprint density at radius 2 is 1.79 bits per heavy atom. The zero-order chi connectivity index (χ0) is 20.1. The summed E-state index contributed by atoms with van der Waals surface area (Å²) in [5, 5.41) is 14.5. The summed E-state index contributed by atoms with van der Waals surface area (Å²) in [7, 11) is 0. The summed E-state index contributed by atoms with van der Waals surface area (Å²) in [4.78, 5) is 27.4. The number of hydrogen-bond acceptors (Lipinski definition) is 5. The van der Waals surface area contributed by atoms with Gasteiger partial charge in [-0.1, -0.05) is 35.9 Å². The lowest BCUT2D eigenvalue weighted by molar-refractivity contribution is -0.385. The van der Waals surface area contributed by atoms with Gasteiger partial charge in [-0.05, 0) is 24.6 Å². The number of para-hydroxylation sites is 1. The Morgan fingerprint density at radius 1 is 1.11 bits per heavy atom. The zero-order valence-corrected chi connectivity index (χ0v) is 16.5. The number of anilines is 1. The quantitative estimate of drug-likeness (QED) is 0.592. The van der Waals surface area contributed by atoms with Crippen LogP contribution in [0.25, 0.3) is 0 Å². The molecule has 2 aromatic carbocycles. The molecule has 1 aliphatic rings. The fourth-order valence-corrected chi connectivity index (χ4v) is 3.52. The second-order valence-electron chi connectivity index (χ2n) is 6.90. The van der Waals surface area contributed by atoms with Crippen LogP contribution in [-0.4, -0.2) is 53.4 Å². The number of nitro groups is 1. The molecule has 0 bridgehead atoms. The van der Waals surface area contributed by atoms with E-state index in [2.05, 4.69) is 15.1 Å². The van der Waals surface area contributed by atoms with E-state index >= 15 is 0 Å². The predicted molar refractivity (Wildman–Crippen MR) is 110 cm³/mol. The van der Waals surface area contributed by atoms with E-state index in [0.717, 1.165) is 31.7 Å². The molecule has 1 fully saturated rings. The van der Waals surface area contributed by atoms with Crippen molar-refractivity contribution in [3.63, 3.8) is 0 Å². The van der Waals surface area contributed by atoms with Crippen molar-refractivity contribution in [2.24, 2.45) is 0 Å². The largest absolute Gasteiger partial charge is 0.324 e. The Bertz CT molecular complexity index is 866. The summed E-state index contributed by atoms with van der Waals surface area (Å²) in [5.74, 6) is -0.0870. The van der Waals surface area contributed by atoms with Crippen molar-refractivity contribution in [1.82, 2.24) is 9.80 Å². The average Bonchev–Trinajstić information content (AvgIpc) is 2.66. The van der Waals surface area contributed by atoms with Gasteiger partial charge in [-0.15, -0.1) is 0 Å². The summed E-state index contributed by atoms with van der Waals surface area (Å²) in [6, 6.07) is 12.4. The van der Waals surface area contributed by atoms with E-state index < -0.39 is 0 Å². The van der Waals surface area contributed by atoms with E-state index in [1.54, 1.807) is 25.1 Å². The zero-order valence-electron chi connectivity index (χ0n) is 15.7. The number of nitro benzene ring substituents is 1. The number of benzene rings is 2. The third-order valence-electron chi connectivity index (χ3n) is 4.99. The SMILES string of the molecule is Cc1c(CN2CCN(CC(=O)Nc3ccccc3Cl)CC2)cccc1[N+](=O)[O-]. The van der Waals surface area contributed by atoms with E-state index in [1.807, 2.05) is 18.2 Å². The third kappa shape index (κ3) is 5.07. The first-order valence-corrected chi connectivity index (χ1v) is 9.54. The molecule has 3 rings (SSSR count). The van der Waals surface area contributed by atoms with Gasteiger partial charge in [-0.3, -0.25) is 24.7 Å². The standard InChI is InChI=1S/C20H23ClN4O3/c1-15-16(5-4-8-19(15)25(27)28)13-23-9-11-24(12-10-23)14-20(26)22-18-7-3-2-6-17(18)21/h2-8H,9-14H2,1H3,(H,22,26). The molecule has 28 heavy (non-hydrogen) atoms. The highest BCUT2D eigenvalue weighted by atomic mass is 35.5. The number of nitrogens with one attached hydrogen (secondary N) is 1. The highest BCUT2D eigenvalue weighted by Gasteiger charge is 2.21. The van der Waals surface area contributed by atoms with Gasteiger partial charge in [-0.2, -0.15) is 0 Å². The van der Waals surface area contributed by atoms with Gasteiger partial charge >= 0.3 is 0 Å². The Kier molecular flexibility index (Phi) is 6.61. The highest BCUT2D eigenvalue weighted by molar-refractivity contribution is 6.33. The Balaban J connectivity index is 1.50. The van der Waals surface area contributed by atoms with Crippen molar-refractivity contribution in [2.75, 3.05) is 38.0 Å². The first-order chi connectivity index (χ1) is 13.4. The van der Waals surface area contributed by atoms with Gasteiger partial charge < -0.3 is 5.32 Å². The molecule has 1 saturated heterocycles. The first kappa shape index (κ1) is 20.3. The van der Waals surface area contributed by atoms with Gasteiger partial charge in [0.2, 0.25) is 5.91 Å². The van der Waals surface area contributed by atoms with Crippen LogP contribution in [0, 0.1) is 17.0 Å². The van der Waals surface area contributed by atoms with Crippen molar-refractivity contribution in [2.45, 2.75) is 13.5 Å². The molecular formula is C20H23ClN4O3. The van der Waals surface area contributed by atoms with Crippen LogP contribution in [0.4, 0.5) is 11.4 Å². The van der Waals surface area contributed by atoms with Gasteiger partial charge in [0.25, 0.3) is 5.69 Å². The maximum atomic E-state index is 12.3. The second-order valence-corrected chi connectivity index (χ2v) is 7.31. The fourth-order valence-electron chi connectivity index (χ4n) is 3.34. The van der Waals surface area contributed by atoms with E-state index in [0.29, 0.717) is 29.4 Å². The lowest BCUT2D eigenvalue weighted by Gasteiger charge is -2.34. The van der Waals surface area contributed by atoms with Crippen molar-refractivity contribution < 1.29 is 9.72 Å². The van der Waals surface area contributed by atoms with E-state index in [9.17, 15) is 14.9 Å². The first-order valence-electron chi connectivity index (χ1n) is 9.16. The second kappa shape index (κ2) is 9.14. The van der Waals surface area contributed by atoms with Crippen molar-refractivity contribution in [3.05, 3.63) is 68.7 Å². The Morgan fingerprint density at radius 3 is 2.46 bits per heavy atom. The number of carbonyl (C=O) groups excluding carboxylic acids is 1. The minimum absolute atomic E-state index is 0.0870. The van der Waals surface area contributed by atoms with Crippen LogP contribution in [-0.2, 0) is 11.3 Å². The summed E-state index contributed by atoms with van der Waals surface area (Å²) < 4.78 is 0. The van der Waals surface area contributed by atoms with Gasteiger partial charge in [0.15, 0.2) is 0 Å². The molecule has 0 unspecified atom stereocenters. The predicted octanol–water partition coefficient (Wildman–Crippen LogP) is 3.31. The molecule has 0 aliphatic carbocycles. The molecular weight excluding hydrogens is 380 g/mol. The summed E-state index contributed by atoms with van der Waals surface area (Å²) in [5.41, 5.74) is 2.47. The molecule has 0 spiro atoms. The normalized spacial score (nSPS) is 15.4. The van der Waals surface area contributed by atoms with Crippen molar-refractivity contribution >= 4 is 28.9 Å². The molecule has 1 amide bonds. The van der Waals surface area contributed by atoms with Crippen LogP contribution in [0.3, 0.4) is 0 Å². The van der Waals surface area contributed by atoms with E-state index in [1.165, 1.54) is 6.07 Å². The van der Waals surface area contributed by atoms with Crippen molar-refractivity contribution in [1.29, 1.82) is 0 Å². The Labute approximate surface area is 169 Å². The highest BCUT2D eigenvalue weighted by Crippen LogP contribution is 2.23. The molecule has 2 aromatic rings. The van der Waals surface area contributed by atoms with E-state index in [4.69, 9.17) is 11.6 Å². The summed E-state index contributed by atoms with van der Waals surface area (Å²) >= 11 is 6.07. The molecule has 1 aliphatic heterocycles. The summed E-state index contributed by atoms with van der Waals surface area (Å²) in [6.07, 6.45) is 0. The van der Waals surface area contributed by atoms with E-state index in [-0.39, 0.29) is 16.5 Å². The van der Waals surface area contributed by atoms with Gasteiger partial charge in [0.05, 0.1) is 22.2 Å². The smallest absolute Gasteiger partial charge is 0.272 e. The number of nitrogens with zero attached hydrogens (tertiary/aromatic N) is 3. The number of carbonyl (C=O) groups is 1. The topological polar surface area (TPSA) is 78.7 Å². The van der Waals surface area contributed by atoms with Crippen LogP contribution in [0.5, 0.6) is 0 Å². The van der Waals surface area contributed by atoms with Crippen LogP contribution in [0.15, 0.2) is 42.5 Å². The number of rotatable bonds is 6. The van der Waals surface area contributed by atoms with Gasteiger partial charge in [0, 0.05) is 44.4 Å². The molecule has 0 aromatic heterocycles. The van der Waals surface area contributed by atoms with Crippen LogP contribution in [0.2, 0.25) is 5.02 Å². The number of hydrogen-bond donors (Lipinski definition) is 1. The molecule has 148 valence electrons. The molecule has 0 radical (unpaired) electrons. The minimum atomic E-state index is -0.339. The van der Waals surface area contributed by atoms with Crippen molar-refractivity contribution in [3.8, 4) is 0 Å². The van der Waals surface area contributed by atoms with Gasteiger partial charge in [-0.25, -0.2) is 0 Å².